The molecule has 24 heavy (non-hydrogen) atoms. The quantitative estimate of drug-likeness (QED) is 0.778. The number of benzene rings is 1. The van der Waals surface area contributed by atoms with Gasteiger partial charge in [0.1, 0.15) is 6.04 Å². The smallest absolute Gasteiger partial charge is 0.328 e. The molecule has 1 fully saturated rings. The third-order valence-electron chi connectivity index (χ3n) is 4.05. The summed E-state index contributed by atoms with van der Waals surface area (Å²) in [5.74, 6) is -1.28. The molecule has 1 saturated carbocycles. The van der Waals surface area contributed by atoms with E-state index in [-0.39, 0.29) is 24.5 Å². The zero-order valence-electron chi connectivity index (χ0n) is 13.9. The summed E-state index contributed by atoms with van der Waals surface area (Å²) in [6, 6.07) is 7.97. The molecule has 1 aliphatic rings. The number of nitrogens with one attached hydrogen (secondary N) is 2. The number of hydrogen-bond acceptors (Lipinski definition) is 4. The SMILES string of the molecule is C[C@H](NC(=O)c1ccccc1)C(=O)OCC(=O)NC1CCCCC1. The summed E-state index contributed by atoms with van der Waals surface area (Å²) in [5, 5.41) is 5.43. The average molecular weight is 332 g/mol. The van der Waals surface area contributed by atoms with Crippen LogP contribution >= 0.6 is 0 Å². The minimum atomic E-state index is -0.819. The van der Waals surface area contributed by atoms with Gasteiger partial charge in [0.05, 0.1) is 0 Å². The van der Waals surface area contributed by atoms with Crippen molar-refractivity contribution >= 4 is 17.8 Å². The maximum absolute atomic E-state index is 12.0. The highest BCUT2D eigenvalue weighted by molar-refractivity contribution is 5.96. The van der Waals surface area contributed by atoms with Crippen LogP contribution in [0.5, 0.6) is 0 Å². The lowest BCUT2D eigenvalue weighted by Crippen LogP contribution is -2.42. The summed E-state index contributed by atoms with van der Waals surface area (Å²) in [6.07, 6.45) is 5.40. The van der Waals surface area contributed by atoms with E-state index in [2.05, 4.69) is 10.6 Å². The van der Waals surface area contributed by atoms with Crippen LogP contribution in [0.2, 0.25) is 0 Å². The van der Waals surface area contributed by atoms with Gasteiger partial charge in [0.15, 0.2) is 6.61 Å². The maximum Gasteiger partial charge on any atom is 0.328 e. The number of amides is 2. The Bertz CT molecular complexity index is 568. The van der Waals surface area contributed by atoms with Crippen LogP contribution in [-0.2, 0) is 14.3 Å². The predicted octanol–water partition coefficient (Wildman–Crippen LogP) is 1.80. The Hall–Kier alpha value is -2.37. The molecule has 0 spiro atoms. The van der Waals surface area contributed by atoms with Crippen molar-refractivity contribution in [1.29, 1.82) is 0 Å². The van der Waals surface area contributed by atoms with Crippen LogP contribution in [0, 0.1) is 0 Å². The molecule has 0 unspecified atom stereocenters. The Morgan fingerprint density at radius 3 is 2.46 bits per heavy atom. The second kappa shape index (κ2) is 9.05. The molecule has 0 aromatic heterocycles. The van der Waals surface area contributed by atoms with Crippen molar-refractivity contribution in [2.75, 3.05) is 6.61 Å². The van der Waals surface area contributed by atoms with Crippen LogP contribution in [0.3, 0.4) is 0 Å². The van der Waals surface area contributed by atoms with Crippen molar-refractivity contribution in [2.45, 2.75) is 51.1 Å². The van der Waals surface area contributed by atoms with E-state index in [1.807, 2.05) is 0 Å². The second-order valence-corrected chi connectivity index (χ2v) is 6.07. The first-order valence-corrected chi connectivity index (χ1v) is 8.38. The lowest BCUT2D eigenvalue weighted by Gasteiger charge is -2.22. The van der Waals surface area contributed by atoms with Gasteiger partial charge in [-0.25, -0.2) is 4.79 Å². The van der Waals surface area contributed by atoms with E-state index in [9.17, 15) is 14.4 Å². The Kier molecular flexibility index (Phi) is 6.78. The zero-order valence-corrected chi connectivity index (χ0v) is 13.9. The molecular formula is C18H24N2O4. The molecule has 2 rings (SSSR count). The summed E-state index contributed by atoms with van der Waals surface area (Å²) in [6.45, 7) is 1.21. The van der Waals surface area contributed by atoms with E-state index in [0.29, 0.717) is 5.56 Å². The summed E-state index contributed by atoms with van der Waals surface area (Å²) in [4.78, 5) is 35.7. The van der Waals surface area contributed by atoms with Crippen LogP contribution in [0.15, 0.2) is 30.3 Å². The Morgan fingerprint density at radius 2 is 1.79 bits per heavy atom. The molecule has 6 heteroatoms. The maximum atomic E-state index is 12.0. The van der Waals surface area contributed by atoms with E-state index in [0.717, 1.165) is 25.7 Å². The van der Waals surface area contributed by atoms with Gasteiger partial charge in [-0.3, -0.25) is 9.59 Å². The molecule has 0 bridgehead atoms. The average Bonchev–Trinajstić information content (AvgIpc) is 2.61. The number of esters is 1. The predicted molar refractivity (Wildman–Crippen MR) is 89.3 cm³/mol. The topological polar surface area (TPSA) is 84.5 Å². The standard InChI is InChI=1S/C18H24N2O4/c1-13(19-17(22)14-8-4-2-5-9-14)18(23)24-12-16(21)20-15-10-6-3-7-11-15/h2,4-5,8-9,13,15H,3,6-7,10-12H2,1H3,(H,19,22)(H,20,21)/t13-/m0/s1. The highest BCUT2D eigenvalue weighted by Gasteiger charge is 2.20. The van der Waals surface area contributed by atoms with Crippen LogP contribution in [0.1, 0.15) is 49.4 Å². The fourth-order valence-electron chi connectivity index (χ4n) is 2.71. The molecule has 2 N–H and O–H groups in total. The fraction of sp³-hybridized carbons (Fsp3) is 0.500. The van der Waals surface area contributed by atoms with Crippen LogP contribution in [-0.4, -0.2) is 36.5 Å². The third kappa shape index (κ3) is 5.68. The van der Waals surface area contributed by atoms with E-state index < -0.39 is 12.0 Å². The van der Waals surface area contributed by atoms with Gasteiger partial charge in [-0.15, -0.1) is 0 Å². The van der Waals surface area contributed by atoms with E-state index in [1.165, 1.54) is 13.3 Å². The highest BCUT2D eigenvalue weighted by atomic mass is 16.5. The Balaban J connectivity index is 1.71. The number of hydrogen-bond donors (Lipinski definition) is 2. The van der Waals surface area contributed by atoms with Crippen molar-refractivity contribution in [2.24, 2.45) is 0 Å². The molecule has 0 aliphatic heterocycles. The first kappa shape index (κ1) is 18.0. The number of carbonyl (C=O) groups is 3. The van der Waals surface area contributed by atoms with Gasteiger partial charge in [-0.1, -0.05) is 37.5 Å². The van der Waals surface area contributed by atoms with Crippen LogP contribution in [0.25, 0.3) is 0 Å². The van der Waals surface area contributed by atoms with Crippen molar-refractivity contribution in [3.05, 3.63) is 35.9 Å². The lowest BCUT2D eigenvalue weighted by atomic mass is 9.95. The molecule has 2 amide bonds. The molecule has 0 radical (unpaired) electrons. The molecular weight excluding hydrogens is 308 g/mol. The Labute approximate surface area is 142 Å². The van der Waals surface area contributed by atoms with E-state index in [1.54, 1.807) is 30.3 Å². The minimum absolute atomic E-state index is 0.181. The van der Waals surface area contributed by atoms with Crippen molar-refractivity contribution in [1.82, 2.24) is 10.6 Å². The highest BCUT2D eigenvalue weighted by Crippen LogP contribution is 2.17. The Morgan fingerprint density at radius 1 is 1.12 bits per heavy atom. The van der Waals surface area contributed by atoms with E-state index in [4.69, 9.17) is 4.74 Å². The summed E-state index contributed by atoms with van der Waals surface area (Å²) in [7, 11) is 0. The first-order valence-electron chi connectivity index (χ1n) is 8.38. The van der Waals surface area contributed by atoms with Gasteiger partial charge in [-0.2, -0.15) is 0 Å². The van der Waals surface area contributed by atoms with Crippen molar-refractivity contribution < 1.29 is 19.1 Å². The van der Waals surface area contributed by atoms with Gasteiger partial charge in [0, 0.05) is 11.6 Å². The van der Waals surface area contributed by atoms with Gasteiger partial charge in [0.25, 0.3) is 11.8 Å². The van der Waals surface area contributed by atoms with Crippen LogP contribution < -0.4 is 10.6 Å². The first-order chi connectivity index (χ1) is 11.6. The van der Waals surface area contributed by atoms with Crippen molar-refractivity contribution in [3.8, 4) is 0 Å². The molecule has 1 aromatic rings. The minimum Gasteiger partial charge on any atom is -0.454 e. The summed E-state index contributed by atoms with van der Waals surface area (Å²) in [5.41, 5.74) is 0.465. The lowest BCUT2D eigenvalue weighted by molar-refractivity contribution is -0.150. The fourth-order valence-corrected chi connectivity index (χ4v) is 2.71. The van der Waals surface area contributed by atoms with Gasteiger partial charge in [0.2, 0.25) is 0 Å². The molecule has 0 heterocycles. The number of carbonyl (C=O) groups excluding carboxylic acids is 3. The van der Waals surface area contributed by atoms with E-state index >= 15 is 0 Å². The summed E-state index contributed by atoms with van der Waals surface area (Å²) >= 11 is 0. The normalized spacial score (nSPS) is 16.0. The van der Waals surface area contributed by atoms with Gasteiger partial charge in [-0.05, 0) is 31.9 Å². The van der Waals surface area contributed by atoms with Crippen LogP contribution in [0.4, 0.5) is 0 Å². The second-order valence-electron chi connectivity index (χ2n) is 6.07. The molecule has 0 saturated heterocycles. The number of rotatable bonds is 6. The molecule has 1 atom stereocenters. The molecule has 6 nitrogen and oxygen atoms in total. The monoisotopic (exact) mass is 332 g/mol. The zero-order chi connectivity index (χ0) is 17.4. The van der Waals surface area contributed by atoms with Gasteiger partial charge >= 0.3 is 5.97 Å². The molecule has 130 valence electrons. The summed E-state index contributed by atoms with van der Waals surface area (Å²) < 4.78 is 4.98. The number of ether oxygens (including phenoxy) is 1. The molecule has 1 aromatic carbocycles. The molecule has 1 aliphatic carbocycles. The van der Waals surface area contributed by atoms with Crippen molar-refractivity contribution in [3.63, 3.8) is 0 Å². The third-order valence-corrected chi connectivity index (χ3v) is 4.05. The largest absolute Gasteiger partial charge is 0.454 e. The van der Waals surface area contributed by atoms with Gasteiger partial charge < -0.3 is 15.4 Å².